The molecule has 0 saturated heterocycles. The Labute approximate surface area is 114 Å². The van der Waals surface area contributed by atoms with E-state index in [0.29, 0.717) is 30.4 Å². The van der Waals surface area contributed by atoms with E-state index in [1.807, 2.05) is 11.9 Å². The maximum absolute atomic E-state index is 10.6. The van der Waals surface area contributed by atoms with Crippen molar-refractivity contribution in [1.29, 1.82) is 0 Å². The molecule has 0 aliphatic rings. The topological polar surface area (TPSA) is 106 Å². The minimum absolute atomic E-state index is 0.0140. The molecule has 1 aromatic carbocycles. The van der Waals surface area contributed by atoms with Gasteiger partial charge in [-0.2, -0.15) is 4.98 Å². The van der Waals surface area contributed by atoms with Crippen LogP contribution in [0.25, 0.3) is 11.4 Å². The van der Waals surface area contributed by atoms with Gasteiger partial charge < -0.3 is 9.63 Å². The SMILES string of the molecule is CN(CCO)Cc1nc(-c2ccc([N+](=O)[O-])cc2)no1. The second kappa shape index (κ2) is 6.22. The van der Waals surface area contributed by atoms with Crippen molar-refractivity contribution in [2.24, 2.45) is 0 Å². The van der Waals surface area contributed by atoms with E-state index in [1.165, 1.54) is 12.1 Å². The summed E-state index contributed by atoms with van der Waals surface area (Å²) in [4.78, 5) is 16.1. The molecule has 0 aliphatic heterocycles. The summed E-state index contributed by atoms with van der Waals surface area (Å²) >= 11 is 0. The molecule has 8 nitrogen and oxygen atoms in total. The quantitative estimate of drug-likeness (QED) is 0.622. The summed E-state index contributed by atoms with van der Waals surface area (Å²) in [5.74, 6) is 0.807. The largest absolute Gasteiger partial charge is 0.395 e. The number of benzene rings is 1. The number of aromatic nitrogens is 2. The molecule has 1 heterocycles. The fourth-order valence-corrected chi connectivity index (χ4v) is 1.65. The van der Waals surface area contributed by atoms with Crippen LogP contribution >= 0.6 is 0 Å². The van der Waals surface area contributed by atoms with Gasteiger partial charge in [0.15, 0.2) is 0 Å². The smallest absolute Gasteiger partial charge is 0.269 e. The highest BCUT2D eigenvalue weighted by Crippen LogP contribution is 2.20. The van der Waals surface area contributed by atoms with Crippen LogP contribution in [0, 0.1) is 10.1 Å². The molecule has 0 amide bonds. The number of non-ortho nitro benzene ring substituents is 1. The molecule has 0 fully saturated rings. The molecule has 0 bridgehead atoms. The van der Waals surface area contributed by atoms with Gasteiger partial charge in [-0.1, -0.05) is 5.16 Å². The Morgan fingerprint density at radius 2 is 2.10 bits per heavy atom. The van der Waals surface area contributed by atoms with Crippen LogP contribution in [0.3, 0.4) is 0 Å². The molecule has 8 heteroatoms. The summed E-state index contributed by atoms with van der Waals surface area (Å²) in [5.41, 5.74) is 0.663. The van der Waals surface area contributed by atoms with E-state index in [1.54, 1.807) is 12.1 Å². The lowest BCUT2D eigenvalue weighted by Gasteiger charge is -2.10. The van der Waals surface area contributed by atoms with Crippen molar-refractivity contribution in [3.63, 3.8) is 0 Å². The van der Waals surface area contributed by atoms with Crippen LogP contribution in [0.1, 0.15) is 5.89 Å². The summed E-state index contributed by atoms with van der Waals surface area (Å²) in [5, 5.41) is 23.2. The van der Waals surface area contributed by atoms with Gasteiger partial charge in [-0.25, -0.2) is 0 Å². The van der Waals surface area contributed by atoms with E-state index in [9.17, 15) is 10.1 Å². The van der Waals surface area contributed by atoms with Gasteiger partial charge in [0, 0.05) is 24.2 Å². The van der Waals surface area contributed by atoms with Gasteiger partial charge in [-0.05, 0) is 19.2 Å². The minimum atomic E-state index is -0.463. The maximum Gasteiger partial charge on any atom is 0.269 e. The molecule has 1 N–H and O–H groups in total. The van der Waals surface area contributed by atoms with Crippen molar-refractivity contribution in [3.8, 4) is 11.4 Å². The molecule has 0 aliphatic carbocycles. The Morgan fingerprint density at radius 1 is 1.40 bits per heavy atom. The van der Waals surface area contributed by atoms with Crippen LogP contribution in [0.5, 0.6) is 0 Å². The monoisotopic (exact) mass is 278 g/mol. The Hall–Kier alpha value is -2.32. The molecule has 20 heavy (non-hydrogen) atoms. The molecular formula is C12H14N4O4. The van der Waals surface area contributed by atoms with Crippen molar-refractivity contribution in [3.05, 3.63) is 40.3 Å². The number of nitro groups is 1. The van der Waals surface area contributed by atoms with E-state index < -0.39 is 4.92 Å². The van der Waals surface area contributed by atoms with Crippen LogP contribution in [0.4, 0.5) is 5.69 Å². The van der Waals surface area contributed by atoms with Gasteiger partial charge in [0.25, 0.3) is 5.69 Å². The number of likely N-dealkylation sites (N-methyl/N-ethyl adjacent to an activating group) is 1. The van der Waals surface area contributed by atoms with Crippen molar-refractivity contribution in [2.75, 3.05) is 20.2 Å². The van der Waals surface area contributed by atoms with Gasteiger partial charge in [0.2, 0.25) is 11.7 Å². The van der Waals surface area contributed by atoms with E-state index in [0.717, 1.165) is 0 Å². The zero-order chi connectivity index (χ0) is 14.5. The predicted octanol–water partition coefficient (Wildman–Crippen LogP) is 1.07. The highest BCUT2D eigenvalue weighted by atomic mass is 16.6. The lowest BCUT2D eigenvalue weighted by Crippen LogP contribution is -2.21. The van der Waals surface area contributed by atoms with Gasteiger partial charge in [0.05, 0.1) is 18.1 Å². The highest BCUT2D eigenvalue weighted by Gasteiger charge is 2.12. The Morgan fingerprint density at radius 3 is 2.70 bits per heavy atom. The maximum atomic E-state index is 10.6. The van der Waals surface area contributed by atoms with Crippen molar-refractivity contribution in [2.45, 2.75) is 6.54 Å². The van der Waals surface area contributed by atoms with Crippen LogP contribution in [0.15, 0.2) is 28.8 Å². The highest BCUT2D eigenvalue weighted by molar-refractivity contribution is 5.56. The van der Waals surface area contributed by atoms with Gasteiger partial charge >= 0.3 is 0 Å². The summed E-state index contributed by atoms with van der Waals surface area (Å²) < 4.78 is 5.10. The Kier molecular flexibility index (Phi) is 4.38. The number of hydrogen-bond donors (Lipinski definition) is 1. The molecule has 2 aromatic rings. The van der Waals surface area contributed by atoms with Gasteiger partial charge in [0.1, 0.15) is 0 Å². The van der Waals surface area contributed by atoms with E-state index in [4.69, 9.17) is 9.63 Å². The normalized spacial score (nSPS) is 10.9. The van der Waals surface area contributed by atoms with Crippen LogP contribution in [-0.4, -0.2) is 45.3 Å². The number of hydrogen-bond acceptors (Lipinski definition) is 7. The van der Waals surface area contributed by atoms with Crippen molar-refractivity contribution in [1.82, 2.24) is 15.0 Å². The third-order valence-electron chi connectivity index (χ3n) is 2.69. The first-order valence-electron chi connectivity index (χ1n) is 5.97. The first-order chi connectivity index (χ1) is 9.60. The first-order valence-corrected chi connectivity index (χ1v) is 5.97. The van der Waals surface area contributed by atoms with Gasteiger partial charge in [-0.15, -0.1) is 0 Å². The number of aliphatic hydroxyl groups is 1. The zero-order valence-electron chi connectivity index (χ0n) is 10.9. The average Bonchev–Trinajstić information content (AvgIpc) is 2.87. The lowest BCUT2D eigenvalue weighted by atomic mass is 10.2. The van der Waals surface area contributed by atoms with E-state index in [-0.39, 0.29) is 12.3 Å². The average molecular weight is 278 g/mol. The molecule has 0 unspecified atom stereocenters. The third kappa shape index (κ3) is 3.37. The fourth-order valence-electron chi connectivity index (χ4n) is 1.65. The Balaban J connectivity index is 2.10. The number of nitrogens with zero attached hydrogens (tertiary/aromatic N) is 4. The number of aliphatic hydroxyl groups excluding tert-OH is 1. The summed E-state index contributed by atoms with van der Waals surface area (Å²) in [6.45, 7) is 0.996. The van der Waals surface area contributed by atoms with Gasteiger partial charge in [-0.3, -0.25) is 15.0 Å². The van der Waals surface area contributed by atoms with Crippen LogP contribution in [0.2, 0.25) is 0 Å². The second-order valence-electron chi connectivity index (χ2n) is 4.28. The van der Waals surface area contributed by atoms with E-state index in [2.05, 4.69) is 10.1 Å². The summed E-state index contributed by atoms with van der Waals surface area (Å²) in [6.07, 6.45) is 0. The standard InChI is InChI=1S/C12H14N4O4/c1-15(6-7-17)8-11-13-12(14-20-11)9-2-4-10(5-3-9)16(18)19/h2-5,17H,6-8H2,1H3. The molecule has 0 atom stereocenters. The van der Waals surface area contributed by atoms with Crippen molar-refractivity contribution >= 4 is 5.69 Å². The first kappa shape index (κ1) is 14.1. The number of nitro benzene ring substituents is 1. The van der Waals surface area contributed by atoms with E-state index >= 15 is 0 Å². The molecule has 2 rings (SSSR count). The lowest BCUT2D eigenvalue weighted by molar-refractivity contribution is -0.384. The van der Waals surface area contributed by atoms with Crippen LogP contribution < -0.4 is 0 Å². The minimum Gasteiger partial charge on any atom is -0.395 e. The van der Waals surface area contributed by atoms with Crippen molar-refractivity contribution < 1.29 is 14.6 Å². The fraction of sp³-hybridized carbons (Fsp3) is 0.333. The molecule has 1 aromatic heterocycles. The Bertz CT molecular complexity index is 581. The molecular weight excluding hydrogens is 264 g/mol. The summed E-state index contributed by atoms with van der Waals surface area (Å²) in [7, 11) is 1.83. The molecule has 0 spiro atoms. The second-order valence-corrected chi connectivity index (χ2v) is 4.28. The third-order valence-corrected chi connectivity index (χ3v) is 2.69. The molecule has 0 radical (unpaired) electrons. The zero-order valence-corrected chi connectivity index (χ0v) is 10.9. The van der Waals surface area contributed by atoms with Crippen LogP contribution in [-0.2, 0) is 6.54 Å². The predicted molar refractivity (Wildman–Crippen MR) is 69.8 cm³/mol. The molecule has 106 valence electrons. The summed E-state index contributed by atoms with van der Waals surface area (Å²) in [6, 6.07) is 5.93. The molecule has 0 saturated carbocycles. The number of rotatable bonds is 6.